The van der Waals surface area contributed by atoms with Gasteiger partial charge in [0.05, 0.1) is 7.11 Å². The number of carbonyl (C=O) groups excluding carboxylic acids is 1. The summed E-state index contributed by atoms with van der Waals surface area (Å²) in [5.41, 5.74) is 0.604. The molecule has 4 nitrogen and oxygen atoms in total. The number of hydrogen-bond donors (Lipinski definition) is 2. The van der Waals surface area contributed by atoms with Crippen molar-refractivity contribution in [3.05, 3.63) is 29.8 Å². The molecule has 0 bridgehead atoms. The molecule has 0 amide bonds. The van der Waals surface area contributed by atoms with Gasteiger partial charge in [0.15, 0.2) is 17.8 Å². The maximum Gasteiger partial charge on any atom is 0.164 e. The first kappa shape index (κ1) is 11.3. The van der Waals surface area contributed by atoms with Crippen LogP contribution < -0.4 is 4.74 Å². The zero-order valence-corrected chi connectivity index (χ0v) is 8.30. The van der Waals surface area contributed by atoms with E-state index in [0.29, 0.717) is 11.8 Å². The van der Waals surface area contributed by atoms with E-state index in [4.69, 9.17) is 4.74 Å². The number of aliphatic hydroxyl groups is 1. The third-order valence-corrected chi connectivity index (χ3v) is 2.08. The summed E-state index contributed by atoms with van der Waals surface area (Å²) in [6.45, 7) is 3.53. The van der Waals surface area contributed by atoms with Gasteiger partial charge in [0.2, 0.25) is 0 Å². The average Bonchev–Trinajstić information content (AvgIpc) is 2.27. The Morgan fingerprint density at radius 2 is 2.20 bits per heavy atom. The second kappa shape index (κ2) is 4.61. The number of aromatic hydroxyl groups is 1. The lowest BCUT2D eigenvalue weighted by molar-refractivity contribution is -0.115. The minimum absolute atomic E-state index is 0.111. The smallest absolute Gasteiger partial charge is 0.164 e. The van der Waals surface area contributed by atoms with E-state index in [1.807, 2.05) is 0 Å². The number of benzene rings is 1. The summed E-state index contributed by atoms with van der Waals surface area (Å²) in [5.74, 6) is -0.0361. The average molecular weight is 208 g/mol. The van der Waals surface area contributed by atoms with Crippen LogP contribution >= 0.6 is 0 Å². The number of rotatable bonds is 4. The quantitative estimate of drug-likeness (QED) is 0.731. The van der Waals surface area contributed by atoms with Crippen LogP contribution in [0.4, 0.5) is 0 Å². The van der Waals surface area contributed by atoms with Gasteiger partial charge in [-0.2, -0.15) is 0 Å². The van der Waals surface area contributed by atoms with Crippen LogP contribution in [0.25, 0.3) is 6.08 Å². The molecule has 1 aromatic carbocycles. The number of phenolic OH excluding ortho intramolecular Hbond substituents is 1. The monoisotopic (exact) mass is 208 g/mol. The van der Waals surface area contributed by atoms with Crippen molar-refractivity contribution in [2.75, 3.05) is 7.11 Å². The Balaban J connectivity index is 3.41. The van der Waals surface area contributed by atoms with Crippen molar-refractivity contribution in [1.82, 2.24) is 0 Å². The molecule has 0 saturated heterocycles. The highest BCUT2D eigenvalue weighted by atomic mass is 16.5. The van der Waals surface area contributed by atoms with Gasteiger partial charge in [-0.25, -0.2) is 0 Å². The molecule has 0 aliphatic rings. The summed E-state index contributed by atoms with van der Waals surface area (Å²) in [5, 5.41) is 19.1. The predicted molar refractivity (Wildman–Crippen MR) is 55.8 cm³/mol. The molecule has 0 saturated carbocycles. The largest absolute Gasteiger partial charge is 0.504 e. The third kappa shape index (κ3) is 1.99. The Labute approximate surface area is 87.4 Å². The SMILES string of the molecule is C=Cc1ccc(OC)c(O)c1C(O)C=O. The lowest BCUT2D eigenvalue weighted by atomic mass is 10.0. The summed E-state index contributed by atoms with van der Waals surface area (Å²) in [4.78, 5) is 10.5. The molecular weight excluding hydrogens is 196 g/mol. The molecular formula is C11H12O4. The number of aliphatic hydroxyl groups excluding tert-OH is 1. The van der Waals surface area contributed by atoms with E-state index >= 15 is 0 Å². The molecule has 0 spiro atoms. The van der Waals surface area contributed by atoms with Gasteiger partial charge in [-0.1, -0.05) is 18.7 Å². The number of carbonyl (C=O) groups is 1. The Morgan fingerprint density at radius 1 is 1.53 bits per heavy atom. The van der Waals surface area contributed by atoms with Crippen molar-refractivity contribution in [2.24, 2.45) is 0 Å². The highest BCUT2D eigenvalue weighted by Crippen LogP contribution is 2.36. The Morgan fingerprint density at radius 3 is 2.67 bits per heavy atom. The summed E-state index contributed by atoms with van der Waals surface area (Å²) in [7, 11) is 1.39. The van der Waals surface area contributed by atoms with E-state index in [0.717, 1.165) is 0 Å². The molecule has 0 fully saturated rings. The first-order valence-corrected chi connectivity index (χ1v) is 4.31. The van der Waals surface area contributed by atoms with Crippen LogP contribution in [0.5, 0.6) is 11.5 Å². The maximum absolute atomic E-state index is 10.5. The Hall–Kier alpha value is -1.81. The molecule has 1 atom stereocenters. The minimum atomic E-state index is -1.38. The Bertz CT molecular complexity index is 384. The first-order chi connectivity index (χ1) is 7.15. The van der Waals surface area contributed by atoms with Crippen LogP contribution in [0.3, 0.4) is 0 Å². The van der Waals surface area contributed by atoms with Crippen molar-refractivity contribution in [3.8, 4) is 11.5 Å². The second-order valence-electron chi connectivity index (χ2n) is 2.90. The number of aldehydes is 1. The van der Waals surface area contributed by atoms with E-state index in [-0.39, 0.29) is 17.1 Å². The van der Waals surface area contributed by atoms with Crippen LogP contribution in [0.15, 0.2) is 18.7 Å². The van der Waals surface area contributed by atoms with Crippen molar-refractivity contribution >= 4 is 12.4 Å². The molecule has 1 aromatic rings. The van der Waals surface area contributed by atoms with Gasteiger partial charge < -0.3 is 19.7 Å². The van der Waals surface area contributed by atoms with Gasteiger partial charge in [0, 0.05) is 5.56 Å². The predicted octanol–water partition coefficient (Wildman–Crippen LogP) is 1.28. The number of ether oxygens (including phenoxy) is 1. The normalized spacial score (nSPS) is 11.9. The molecule has 1 unspecified atom stereocenters. The van der Waals surface area contributed by atoms with E-state index < -0.39 is 6.10 Å². The number of phenols is 1. The van der Waals surface area contributed by atoms with Crippen molar-refractivity contribution in [3.63, 3.8) is 0 Å². The third-order valence-electron chi connectivity index (χ3n) is 2.08. The minimum Gasteiger partial charge on any atom is -0.504 e. The molecule has 2 N–H and O–H groups in total. The molecule has 0 aliphatic heterocycles. The van der Waals surface area contributed by atoms with Gasteiger partial charge in [-0.3, -0.25) is 0 Å². The van der Waals surface area contributed by atoms with Gasteiger partial charge >= 0.3 is 0 Å². The second-order valence-corrected chi connectivity index (χ2v) is 2.90. The highest BCUT2D eigenvalue weighted by molar-refractivity contribution is 5.70. The molecule has 80 valence electrons. The molecule has 1 rings (SSSR count). The fourth-order valence-electron chi connectivity index (χ4n) is 1.33. The van der Waals surface area contributed by atoms with Crippen LogP contribution in [0.1, 0.15) is 17.2 Å². The number of methoxy groups -OCH3 is 1. The van der Waals surface area contributed by atoms with Gasteiger partial charge in [0.25, 0.3) is 0 Å². The molecule has 0 aromatic heterocycles. The van der Waals surface area contributed by atoms with Gasteiger partial charge in [-0.15, -0.1) is 0 Å². The molecule has 4 heteroatoms. The lowest BCUT2D eigenvalue weighted by Crippen LogP contribution is -2.02. The summed E-state index contributed by atoms with van der Waals surface area (Å²) >= 11 is 0. The highest BCUT2D eigenvalue weighted by Gasteiger charge is 2.18. The van der Waals surface area contributed by atoms with E-state index in [9.17, 15) is 15.0 Å². The van der Waals surface area contributed by atoms with Gasteiger partial charge in [-0.05, 0) is 11.6 Å². The topological polar surface area (TPSA) is 66.8 Å². The summed E-state index contributed by atoms with van der Waals surface area (Å²) < 4.78 is 4.87. The van der Waals surface area contributed by atoms with Crippen LogP contribution in [0.2, 0.25) is 0 Å². The van der Waals surface area contributed by atoms with E-state index in [1.165, 1.54) is 19.3 Å². The zero-order chi connectivity index (χ0) is 11.4. The van der Waals surface area contributed by atoms with Crippen molar-refractivity contribution in [2.45, 2.75) is 6.10 Å². The standard InChI is InChI=1S/C11H12O4/c1-3-7-4-5-9(15-2)11(14)10(7)8(13)6-12/h3-6,8,13-14H,1H2,2H3. The molecule has 0 radical (unpaired) electrons. The van der Waals surface area contributed by atoms with Gasteiger partial charge in [0.1, 0.15) is 6.10 Å². The van der Waals surface area contributed by atoms with Crippen LogP contribution in [-0.2, 0) is 4.79 Å². The van der Waals surface area contributed by atoms with E-state index in [2.05, 4.69) is 6.58 Å². The maximum atomic E-state index is 10.5. The van der Waals surface area contributed by atoms with E-state index in [1.54, 1.807) is 6.07 Å². The van der Waals surface area contributed by atoms with Crippen LogP contribution in [-0.4, -0.2) is 23.6 Å². The molecule has 15 heavy (non-hydrogen) atoms. The van der Waals surface area contributed by atoms with Crippen molar-refractivity contribution in [1.29, 1.82) is 0 Å². The Kier molecular flexibility index (Phi) is 3.46. The lowest BCUT2D eigenvalue weighted by Gasteiger charge is -2.13. The summed E-state index contributed by atoms with van der Waals surface area (Å²) in [6, 6.07) is 3.14. The number of hydrogen-bond acceptors (Lipinski definition) is 4. The van der Waals surface area contributed by atoms with Crippen molar-refractivity contribution < 1.29 is 19.7 Å². The fourth-order valence-corrected chi connectivity index (χ4v) is 1.33. The first-order valence-electron chi connectivity index (χ1n) is 4.31. The summed E-state index contributed by atoms with van der Waals surface area (Å²) in [6.07, 6.45) is 0.399. The molecule has 0 heterocycles. The zero-order valence-electron chi connectivity index (χ0n) is 8.30. The fraction of sp³-hybridized carbons (Fsp3) is 0.182. The molecule has 0 aliphatic carbocycles. The van der Waals surface area contributed by atoms with Crippen LogP contribution in [0, 0.1) is 0 Å².